The zero-order valence-corrected chi connectivity index (χ0v) is 15.1. The molecule has 3 N–H and O–H groups in total. The van der Waals surface area contributed by atoms with Gasteiger partial charge >= 0.3 is 18.0 Å². The summed E-state index contributed by atoms with van der Waals surface area (Å²) in [5.41, 5.74) is -0.907. The molecule has 1 spiro atoms. The van der Waals surface area contributed by atoms with E-state index in [1.165, 1.54) is 6.92 Å². The highest BCUT2D eigenvalue weighted by Crippen LogP contribution is 2.34. The first-order valence-electron chi connectivity index (χ1n) is 8.59. The van der Waals surface area contributed by atoms with Gasteiger partial charge in [0.1, 0.15) is 12.1 Å². The monoisotopic (exact) mass is 368 g/mol. The minimum Gasteiger partial charge on any atom is -0.451 e. The van der Waals surface area contributed by atoms with E-state index in [0.29, 0.717) is 12.8 Å². The van der Waals surface area contributed by atoms with Gasteiger partial charge in [0.15, 0.2) is 6.10 Å². The normalized spacial score (nSPS) is 19.5. The molecule has 1 saturated carbocycles. The standard InChI is InChI=1S/C16H24N4O6/c1-9(2)17-14(24)18-12(22)10(3)26-11(21)8-20-13(23)16(19-15(20)25)6-4-5-7-16/h9-10H,4-8H2,1-3H3,(H,19,25)(H2,17,18,22,24)/t10-/m0/s1. The van der Waals surface area contributed by atoms with Crippen LogP contribution in [0.1, 0.15) is 46.5 Å². The third-order valence-corrected chi connectivity index (χ3v) is 4.32. The predicted octanol–water partition coefficient (Wildman–Crippen LogP) is 0.0169. The third-order valence-electron chi connectivity index (χ3n) is 4.32. The van der Waals surface area contributed by atoms with E-state index in [4.69, 9.17) is 4.74 Å². The lowest BCUT2D eigenvalue weighted by atomic mass is 9.98. The number of nitrogens with zero attached hydrogens (tertiary/aromatic N) is 1. The van der Waals surface area contributed by atoms with Crippen LogP contribution in [0.5, 0.6) is 0 Å². The van der Waals surface area contributed by atoms with Crippen molar-refractivity contribution in [2.45, 2.75) is 64.1 Å². The van der Waals surface area contributed by atoms with Gasteiger partial charge in [-0.05, 0) is 33.6 Å². The summed E-state index contributed by atoms with van der Waals surface area (Å²) >= 11 is 0. The quantitative estimate of drug-likeness (QED) is 0.462. The second-order valence-electron chi connectivity index (χ2n) is 6.86. The average Bonchev–Trinajstić information content (AvgIpc) is 3.07. The Morgan fingerprint density at radius 2 is 1.81 bits per heavy atom. The second-order valence-corrected chi connectivity index (χ2v) is 6.86. The van der Waals surface area contributed by atoms with Crippen molar-refractivity contribution in [3.8, 4) is 0 Å². The second kappa shape index (κ2) is 7.71. The summed E-state index contributed by atoms with van der Waals surface area (Å²) in [6.45, 7) is 4.16. The Labute approximate surface area is 151 Å². The number of rotatable bonds is 5. The fourth-order valence-electron chi connectivity index (χ4n) is 3.07. The van der Waals surface area contributed by atoms with Crippen molar-refractivity contribution >= 4 is 29.8 Å². The number of hydrogen-bond donors (Lipinski definition) is 3. The molecular weight excluding hydrogens is 344 g/mol. The first-order chi connectivity index (χ1) is 12.1. The molecule has 0 radical (unpaired) electrons. The summed E-state index contributed by atoms with van der Waals surface area (Å²) in [6, 6.07) is -1.50. The van der Waals surface area contributed by atoms with Crippen molar-refractivity contribution < 1.29 is 28.7 Å². The largest absolute Gasteiger partial charge is 0.451 e. The molecule has 10 nitrogen and oxygen atoms in total. The molecule has 2 rings (SSSR count). The van der Waals surface area contributed by atoms with Crippen LogP contribution in [-0.4, -0.2) is 59.0 Å². The summed E-state index contributed by atoms with van der Waals surface area (Å²) in [6.07, 6.45) is 1.52. The van der Waals surface area contributed by atoms with Crippen LogP contribution in [-0.2, 0) is 19.1 Å². The molecule has 10 heteroatoms. The van der Waals surface area contributed by atoms with Crippen LogP contribution < -0.4 is 16.0 Å². The van der Waals surface area contributed by atoms with Crippen molar-refractivity contribution in [2.75, 3.05) is 6.54 Å². The van der Waals surface area contributed by atoms with E-state index in [-0.39, 0.29) is 6.04 Å². The number of amides is 6. The number of hydrogen-bond acceptors (Lipinski definition) is 6. The summed E-state index contributed by atoms with van der Waals surface area (Å²) in [5, 5.41) is 7.16. The Kier molecular flexibility index (Phi) is 5.83. The third kappa shape index (κ3) is 4.30. The fraction of sp³-hybridized carbons (Fsp3) is 0.688. The molecule has 0 aromatic rings. The van der Waals surface area contributed by atoms with Crippen molar-refractivity contribution in [1.29, 1.82) is 0 Å². The maximum absolute atomic E-state index is 12.4. The van der Waals surface area contributed by atoms with E-state index >= 15 is 0 Å². The number of ether oxygens (including phenoxy) is 1. The number of carbonyl (C=O) groups is 5. The molecule has 2 aliphatic rings. The van der Waals surface area contributed by atoms with Crippen molar-refractivity contribution in [2.24, 2.45) is 0 Å². The average molecular weight is 368 g/mol. The number of esters is 1. The van der Waals surface area contributed by atoms with Gasteiger partial charge in [0.25, 0.3) is 11.8 Å². The summed E-state index contributed by atoms with van der Waals surface area (Å²) < 4.78 is 4.92. The van der Waals surface area contributed by atoms with Gasteiger partial charge in [-0.3, -0.25) is 24.6 Å². The SMILES string of the molecule is CC(C)NC(=O)NC(=O)[C@H](C)OC(=O)CN1C(=O)NC2(CCCC2)C1=O. The van der Waals surface area contributed by atoms with Gasteiger partial charge in [0.2, 0.25) is 0 Å². The van der Waals surface area contributed by atoms with Crippen molar-refractivity contribution in [3.63, 3.8) is 0 Å². The van der Waals surface area contributed by atoms with Crippen molar-refractivity contribution in [1.82, 2.24) is 20.9 Å². The lowest BCUT2D eigenvalue weighted by Gasteiger charge is -2.20. The minimum absolute atomic E-state index is 0.164. The van der Waals surface area contributed by atoms with Crippen LogP contribution in [0.25, 0.3) is 0 Å². The van der Waals surface area contributed by atoms with Gasteiger partial charge in [-0.1, -0.05) is 12.8 Å². The maximum atomic E-state index is 12.4. The van der Waals surface area contributed by atoms with E-state index in [0.717, 1.165) is 17.7 Å². The summed E-state index contributed by atoms with van der Waals surface area (Å²) in [4.78, 5) is 60.6. The van der Waals surface area contributed by atoms with Crippen LogP contribution in [0, 0.1) is 0 Å². The molecule has 1 atom stereocenters. The Balaban J connectivity index is 1.86. The molecule has 1 aliphatic carbocycles. The molecule has 26 heavy (non-hydrogen) atoms. The minimum atomic E-state index is -1.25. The lowest BCUT2D eigenvalue weighted by molar-refractivity contribution is -0.156. The Morgan fingerprint density at radius 3 is 2.38 bits per heavy atom. The molecule has 0 aromatic heterocycles. The first kappa shape index (κ1) is 19.7. The maximum Gasteiger partial charge on any atom is 0.327 e. The highest BCUT2D eigenvalue weighted by molar-refractivity contribution is 6.09. The van der Waals surface area contributed by atoms with Gasteiger partial charge in [-0.2, -0.15) is 0 Å². The van der Waals surface area contributed by atoms with E-state index in [2.05, 4.69) is 10.6 Å². The topological polar surface area (TPSA) is 134 Å². The van der Waals surface area contributed by atoms with E-state index in [1.54, 1.807) is 13.8 Å². The Morgan fingerprint density at radius 1 is 1.19 bits per heavy atom. The van der Waals surface area contributed by atoms with Gasteiger partial charge in [0.05, 0.1) is 0 Å². The van der Waals surface area contributed by atoms with Gasteiger partial charge in [0, 0.05) is 6.04 Å². The van der Waals surface area contributed by atoms with Gasteiger partial charge < -0.3 is 15.4 Å². The van der Waals surface area contributed by atoms with Crippen LogP contribution in [0.15, 0.2) is 0 Å². The summed E-state index contributed by atoms with van der Waals surface area (Å²) in [7, 11) is 0. The van der Waals surface area contributed by atoms with E-state index in [1.807, 2.05) is 5.32 Å². The summed E-state index contributed by atoms with van der Waals surface area (Å²) in [5.74, 6) is -2.15. The number of carbonyl (C=O) groups excluding carboxylic acids is 5. The zero-order chi connectivity index (χ0) is 19.5. The Bertz CT molecular complexity index is 626. The van der Waals surface area contributed by atoms with Crippen LogP contribution >= 0.6 is 0 Å². The fourth-order valence-corrected chi connectivity index (χ4v) is 3.07. The van der Waals surface area contributed by atoms with E-state index in [9.17, 15) is 24.0 Å². The Hall–Kier alpha value is -2.65. The molecule has 2 fully saturated rings. The first-order valence-corrected chi connectivity index (χ1v) is 8.59. The van der Waals surface area contributed by atoms with Crippen LogP contribution in [0.4, 0.5) is 9.59 Å². The smallest absolute Gasteiger partial charge is 0.327 e. The molecule has 144 valence electrons. The number of urea groups is 2. The lowest BCUT2D eigenvalue weighted by Crippen LogP contribution is -2.47. The highest BCUT2D eigenvalue weighted by Gasteiger charge is 2.52. The van der Waals surface area contributed by atoms with E-state index < -0.39 is 48.0 Å². The molecule has 0 unspecified atom stereocenters. The highest BCUT2D eigenvalue weighted by atomic mass is 16.5. The molecule has 6 amide bonds. The molecule has 1 aliphatic heterocycles. The van der Waals surface area contributed by atoms with Crippen LogP contribution in [0.2, 0.25) is 0 Å². The molecular formula is C16H24N4O6. The van der Waals surface area contributed by atoms with Gasteiger partial charge in [-0.25, -0.2) is 9.59 Å². The van der Waals surface area contributed by atoms with Crippen molar-refractivity contribution in [3.05, 3.63) is 0 Å². The zero-order valence-electron chi connectivity index (χ0n) is 15.1. The van der Waals surface area contributed by atoms with Gasteiger partial charge in [-0.15, -0.1) is 0 Å². The number of nitrogens with one attached hydrogen (secondary N) is 3. The molecule has 0 bridgehead atoms. The molecule has 1 heterocycles. The molecule has 0 aromatic carbocycles. The predicted molar refractivity (Wildman–Crippen MR) is 88.8 cm³/mol. The molecule has 1 saturated heterocycles. The number of imide groups is 2. The van der Waals surface area contributed by atoms with Crippen LogP contribution in [0.3, 0.4) is 0 Å².